The molecular weight excluding hydrogens is 955 g/mol. The van der Waals surface area contributed by atoms with Crippen LogP contribution in [-0.2, 0) is 23.8 Å². The highest BCUT2D eigenvalue weighted by Gasteiger charge is 2.47. The number of aliphatic hydroxyl groups is 5. The number of ether oxygens (including phenoxy) is 3. The maximum atomic E-state index is 13.4. The van der Waals surface area contributed by atoms with Gasteiger partial charge in [0.1, 0.15) is 24.4 Å². The number of unbranched alkanes of at least 4 members (excludes halogenated alkanes) is 25. The second-order valence-corrected chi connectivity index (χ2v) is 21.1. The molecule has 11 nitrogen and oxygen atoms in total. The second kappa shape index (κ2) is 52.5. The molecule has 11 heteroatoms. The van der Waals surface area contributed by atoms with E-state index < -0.39 is 67.4 Å². The van der Waals surface area contributed by atoms with E-state index in [0.29, 0.717) is 12.8 Å². The Balaban J connectivity index is 2.72. The first kappa shape index (κ1) is 70.9. The maximum absolute atomic E-state index is 13.4. The maximum Gasteiger partial charge on any atom is 0.306 e. The normalized spacial score (nSPS) is 19.7. The van der Waals surface area contributed by atoms with Crippen molar-refractivity contribution in [1.82, 2.24) is 5.32 Å². The van der Waals surface area contributed by atoms with Gasteiger partial charge in [0, 0.05) is 6.42 Å². The summed E-state index contributed by atoms with van der Waals surface area (Å²) in [6.45, 7) is 5.70. The predicted molar refractivity (Wildman–Crippen MR) is 315 cm³/mol. The van der Waals surface area contributed by atoms with Crippen molar-refractivity contribution in [2.24, 2.45) is 0 Å². The van der Waals surface area contributed by atoms with Crippen LogP contribution in [0.25, 0.3) is 0 Å². The first-order valence-electron chi connectivity index (χ1n) is 30.9. The molecule has 0 aliphatic carbocycles. The molecule has 0 spiro atoms. The third-order valence-electron chi connectivity index (χ3n) is 14.0. The van der Waals surface area contributed by atoms with Crippen LogP contribution in [0.2, 0.25) is 0 Å². The number of carbonyl (C=O) groups excluding carboxylic acids is 2. The van der Waals surface area contributed by atoms with Gasteiger partial charge in [0.25, 0.3) is 0 Å². The van der Waals surface area contributed by atoms with Gasteiger partial charge in [-0.1, -0.05) is 228 Å². The average molecular weight is 1070 g/mol. The number of allylic oxidation sites excluding steroid dienone is 13. The molecule has 0 radical (unpaired) electrons. The van der Waals surface area contributed by atoms with E-state index in [1.54, 1.807) is 6.08 Å². The molecule has 1 fully saturated rings. The molecule has 8 unspecified atom stereocenters. The van der Waals surface area contributed by atoms with Gasteiger partial charge in [0.2, 0.25) is 5.91 Å². The molecule has 0 aromatic carbocycles. The van der Waals surface area contributed by atoms with Crippen LogP contribution in [0, 0.1) is 0 Å². The van der Waals surface area contributed by atoms with Crippen LogP contribution in [0.5, 0.6) is 0 Å². The van der Waals surface area contributed by atoms with Crippen LogP contribution in [0.1, 0.15) is 252 Å². The lowest BCUT2D eigenvalue weighted by molar-refractivity contribution is -0.305. The lowest BCUT2D eigenvalue weighted by atomic mass is 9.99. The number of rotatable bonds is 51. The fourth-order valence-electron chi connectivity index (χ4n) is 9.08. The van der Waals surface area contributed by atoms with E-state index in [2.05, 4.69) is 99.0 Å². The van der Waals surface area contributed by atoms with Crippen LogP contribution in [0.15, 0.2) is 85.1 Å². The standard InChI is InChI=1S/C65H113NO10/c1-4-7-10-13-16-19-22-25-27-29-31-32-34-37-40-43-46-49-52-58(69)64(73)66-56(57(68)51-48-45-42-39-36-24-21-18-15-12-9-6-3)55-74-65-63(62(72)61(71)59(54-67)75-65)76-60(70)53-50-47-44-41-38-35-33-30-28-26-23-20-17-14-11-8-5-2/h16-17,19-20,25-28,31-33,35,48,51,56-59,61-63,65,67-69,71-72H,4-15,18,21-24,29-30,34,36-47,49-50,52-55H2,1-3H3,(H,66,73)/b19-16-,20-17-,27-25-,28-26-,32-31-,35-33-,51-48+. The summed E-state index contributed by atoms with van der Waals surface area (Å²) in [7, 11) is 0. The van der Waals surface area contributed by atoms with Crippen molar-refractivity contribution in [2.45, 2.75) is 301 Å². The van der Waals surface area contributed by atoms with Gasteiger partial charge in [-0.3, -0.25) is 9.59 Å². The van der Waals surface area contributed by atoms with E-state index in [1.165, 1.54) is 96.3 Å². The molecule has 8 atom stereocenters. The number of aliphatic hydroxyl groups excluding tert-OH is 5. The van der Waals surface area contributed by atoms with Crippen molar-refractivity contribution in [3.63, 3.8) is 0 Å². The summed E-state index contributed by atoms with van der Waals surface area (Å²) in [5, 5.41) is 56.9. The van der Waals surface area contributed by atoms with Crippen LogP contribution in [-0.4, -0.2) is 99.6 Å². The first-order chi connectivity index (χ1) is 37.2. The van der Waals surface area contributed by atoms with Gasteiger partial charge in [-0.25, -0.2) is 0 Å². The lowest BCUT2D eigenvalue weighted by Gasteiger charge is -2.41. The minimum absolute atomic E-state index is 0.0928. The molecule has 1 aliphatic rings. The van der Waals surface area contributed by atoms with Crippen molar-refractivity contribution in [3.05, 3.63) is 85.1 Å². The largest absolute Gasteiger partial charge is 0.454 e. The summed E-state index contributed by atoms with van der Waals surface area (Å²) in [5.41, 5.74) is 0. The Morgan fingerprint density at radius 3 is 1.38 bits per heavy atom. The lowest BCUT2D eigenvalue weighted by Crippen LogP contribution is -2.61. The number of hydrogen-bond donors (Lipinski definition) is 6. The smallest absolute Gasteiger partial charge is 0.306 e. The number of amides is 1. The minimum atomic E-state index is -1.63. The zero-order valence-corrected chi connectivity index (χ0v) is 48.3. The van der Waals surface area contributed by atoms with Gasteiger partial charge >= 0.3 is 5.97 Å². The van der Waals surface area contributed by atoms with Crippen molar-refractivity contribution >= 4 is 11.9 Å². The molecule has 6 N–H and O–H groups in total. The van der Waals surface area contributed by atoms with Crippen molar-refractivity contribution in [3.8, 4) is 0 Å². The first-order valence-corrected chi connectivity index (χ1v) is 30.9. The van der Waals surface area contributed by atoms with Gasteiger partial charge < -0.3 is 45.1 Å². The molecule has 1 heterocycles. The molecule has 0 saturated carbocycles. The Labute approximate surface area is 463 Å². The number of hydrogen-bond acceptors (Lipinski definition) is 10. The van der Waals surface area contributed by atoms with Crippen LogP contribution < -0.4 is 5.32 Å². The van der Waals surface area contributed by atoms with E-state index in [4.69, 9.17) is 14.2 Å². The monoisotopic (exact) mass is 1070 g/mol. The SMILES string of the molecule is CCCCC/C=C\C/C=C\C/C=C\CCCCCCCC(O)C(=O)NC(COC1OC(CO)C(O)C(O)C1OC(=O)CCCCCC/C=C\C/C=C\C/C=C\CCCCC)C(O)/C=C/CCCCCCCCCCCC. The number of esters is 1. The summed E-state index contributed by atoms with van der Waals surface area (Å²) in [6, 6.07) is -1.04. The molecule has 76 heavy (non-hydrogen) atoms. The summed E-state index contributed by atoms with van der Waals surface area (Å²) < 4.78 is 17.6. The molecule has 0 aromatic rings. The third-order valence-corrected chi connectivity index (χ3v) is 14.0. The Morgan fingerprint density at radius 2 is 0.908 bits per heavy atom. The Hall–Kier alpha value is -3.16. The predicted octanol–water partition coefficient (Wildman–Crippen LogP) is 14.6. The van der Waals surface area contributed by atoms with Gasteiger partial charge in [-0.2, -0.15) is 0 Å². The minimum Gasteiger partial charge on any atom is -0.454 e. The Bertz CT molecular complexity index is 1560. The van der Waals surface area contributed by atoms with E-state index in [-0.39, 0.29) is 19.4 Å². The summed E-state index contributed by atoms with van der Waals surface area (Å²) >= 11 is 0. The van der Waals surface area contributed by atoms with Gasteiger partial charge in [0.15, 0.2) is 12.4 Å². The third kappa shape index (κ3) is 40.1. The molecule has 0 bridgehead atoms. The highest BCUT2D eigenvalue weighted by Crippen LogP contribution is 2.26. The molecule has 1 aliphatic heterocycles. The summed E-state index contributed by atoms with van der Waals surface area (Å²) in [4.78, 5) is 26.5. The van der Waals surface area contributed by atoms with Crippen LogP contribution in [0.4, 0.5) is 0 Å². The average Bonchev–Trinajstić information content (AvgIpc) is 3.42. The number of carbonyl (C=O) groups is 2. The molecule has 1 saturated heterocycles. The molecule has 0 aromatic heterocycles. The summed E-state index contributed by atoms with van der Waals surface area (Å²) in [5.74, 6) is -1.23. The molecule has 1 rings (SSSR count). The van der Waals surface area contributed by atoms with E-state index in [0.717, 1.165) is 109 Å². The van der Waals surface area contributed by atoms with Crippen molar-refractivity contribution in [2.75, 3.05) is 13.2 Å². The van der Waals surface area contributed by atoms with E-state index in [1.807, 2.05) is 6.08 Å². The summed E-state index contributed by atoms with van der Waals surface area (Å²) in [6.07, 6.45) is 57.5. The van der Waals surface area contributed by atoms with Crippen LogP contribution >= 0.6 is 0 Å². The fourth-order valence-corrected chi connectivity index (χ4v) is 9.08. The van der Waals surface area contributed by atoms with Crippen LogP contribution in [0.3, 0.4) is 0 Å². The highest BCUT2D eigenvalue weighted by atomic mass is 16.7. The van der Waals surface area contributed by atoms with Gasteiger partial charge in [-0.15, -0.1) is 0 Å². The van der Waals surface area contributed by atoms with Crippen molar-refractivity contribution < 1.29 is 49.3 Å². The second-order valence-electron chi connectivity index (χ2n) is 21.1. The van der Waals surface area contributed by atoms with E-state index in [9.17, 15) is 35.1 Å². The number of nitrogens with one attached hydrogen (secondary N) is 1. The molecule has 438 valence electrons. The van der Waals surface area contributed by atoms with Gasteiger partial charge in [0.05, 0.1) is 25.4 Å². The quantitative estimate of drug-likeness (QED) is 0.0195. The van der Waals surface area contributed by atoms with Gasteiger partial charge in [-0.05, 0) is 103 Å². The zero-order valence-electron chi connectivity index (χ0n) is 48.3. The Morgan fingerprint density at radius 1 is 0.513 bits per heavy atom. The fraction of sp³-hybridized carbons (Fsp3) is 0.754. The van der Waals surface area contributed by atoms with E-state index >= 15 is 0 Å². The zero-order chi connectivity index (χ0) is 55.4. The molecule has 1 amide bonds. The molecular formula is C65H113NO10. The highest BCUT2D eigenvalue weighted by molar-refractivity contribution is 5.80. The Kier molecular flexibility index (Phi) is 49.0. The topological polar surface area (TPSA) is 175 Å². The van der Waals surface area contributed by atoms with Crippen molar-refractivity contribution in [1.29, 1.82) is 0 Å².